The zero-order valence-electron chi connectivity index (χ0n) is 16.1. The Balaban J connectivity index is 1.76. The highest BCUT2D eigenvalue weighted by Crippen LogP contribution is 2.25. The Labute approximate surface area is 167 Å². The molecule has 0 saturated heterocycles. The number of rotatable bonds is 8. The van der Waals surface area contributed by atoms with Crippen LogP contribution >= 0.6 is 0 Å². The number of para-hydroxylation sites is 1. The summed E-state index contributed by atoms with van der Waals surface area (Å²) in [5.41, 5.74) is 0.126. The van der Waals surface area contributed by atoms with Crippen LogP contribution in [0.2, 0.25) is 0 Å². The predicted octanol–water partition coefficient (Wildman–Crippen LogP) is 4.06. The van der Waals surface area contributed by atoms with Crippen molar-refractivity contribution in [3.8, 4) is 11.5 Å². The second-order valence-electron chi connectivity index (χ2n) is 6.23. The van der Waals surface area contributed by atoms with Crippen molar-refractivity contribution in [1.82, 2.24) is 0 Å². The van der Waals surface area contributed by atoms with Crippen LogP contribution in [0.15, 0.2) is 63.8 Å². The quantitative estimate of drug-likeness (QED) is 0.249. The summed E-state index contributed by atoms with van der Waals surface area (Å²) in [6.45, 7) is 2.23. The Morgan fingerprint density at radius 1 is 1.10 bits per heavy atom. The molecule has 0 fully saturated rings. The molecule has 1 aromatic heterocycles. The van der Waals surface area contributed by atoms with Crippen molar-refractivity contribution in [2.24, 2.45) is 0 Å². The highest BCUT2D eigenvalue weighted by Gasteiger charge is 2.17. The summed E-state index contributed by atoms with van der Waals surface area (Å²) < 4.78 is 15.8. The molecule has 2 aromatic carbocycles. The van der Waals surface area contributed by atoms with Crippen LogP contribution in [-0.2, 0) is 4.79 Å². The lowest BCUT2D eigenvalue weighted by Crippen LogP contribution is -2.16. The van der Waals surface area contributed by atoms with E-state index in [2.05, 4.69) is 0 Å². The number of fused-ring (bicyclic) bond motifs is 1. The molecule has 3 rings (SSSR count). The molecule has 0 saturated carbocycles. The van der Waals surface area contributed by atoms with Gasteiger partial charge in [0.05, 0.1) is 20.1 Å². The summed E-state index contributed by atoms with van der Waals surface area (Å²) in [6, 6.07) is 13.7. The average molecular weight is 392 g/mol. The number of hydrogen-bond donors (Lipinski definition) is 0. The summed E-state index contributed by atoms with van der Waals surface area (Å²) in [6.07, 6.45) is 2.50. The fourth-order valence-corrected chi connectivity index (χ4v) is 2.80. The molecule has 6 nitrogen and oxygen atoms in total. The molecular weight excluding hydrogens is 372 g/mol. The van der Waals surface area contributed by atoms with Crippen molar-refractivity contribution in [2.45, 2.75) is 13.3 Å². The molecule has 0 radical (unpaired) electrons. The van der Waals surface area contributed by atoms with Crippen molar-refractivity contribution in [2.75, 3.05) is 13.7 Å². The fraction of sp³-hybridized carbons (Fsp3) is 0.174. The molecule has 0 atom stereocenters. The number of hydrogen-bond acceptors (Lipinski definition) is 6. The monoisotopic (exact) mass is 392 g/mol. The van der Waals surface area contributed by atoms with Gasteiger partial charge in [0.15, 0.2) is 22.9 Å². The maximum absolute atomic E-state index is 12.5. The van der Waals surface area contributed by atoms with E-state index in [0.717, 1.165) is 5.56 Å². The number of benzene rings is 2. The van der Waals surface area contributed by atoms with Crippen LogP contribution in [0.3, 0.4) is 0 Å². The molecule has 148 valence electrons. The lowest BCUT2D eigenvalue weighted by atomic mass is 10.1. The minimum Gasteiger partial charge on any atom is -0.497 e. The van der Waals surface area contributed by atoms with Gasteiger partial charge in [0.25, 0.3) is 0 Å². The van der Waals surface area contributed by atoms with Crippen LogP contribution in [0.5, 0.6) is 11.5 Å². The third kappa shape index (κ3) is 4.79. The Bertz CT molecular complexity index is 1120. The third-order valence-corrected chi connectivity index (χ3v) is 4.24. The van der Waals surface area contributed by atoms with Gasteiger partial charge in [0, 0.05) is 5.39 Å². The molecule has 6 heteroatoms. The van der Waals surface area contributed by atoms with E-state index in [1.54, 1.807) is 55.7 Å². The van der Waals surface area contributed by atoms with E-state index in [1.807, 2.05) is 6.92 Å². The van der Waals surface area contributed by atoms with Gasteiger partial charge >= 0.3 is 5.63 Å². The Morgan fingerprint density at radius 3 is 2.55 bits per heavy atom. The largest absolute Gasteiger partial charge is 0.497 e. The summed E-state index contributed by atoms with van der Waals surface area (Å²) in [5, 5.41) is 0.556. The SMILES string of the molecule is CCOc1cccc2cc(C(=O)CC(=O)/C=C\c3ccc(OC)cc3)c(=O)oc12. The summed E-state index contributed by atoms with van der Waals surface area (Å²) in [5.74, 6) is 0.138. The maximum atomic E-state index is 12.5. The number of ether oxygens (including phenoxy) is 2. The molecule has 0 bridgehead atoms. The highest BCUT2D eigenvalue weighted by atomic mass is 16.5. The van der Waals surface area contributed by atoms with Gasteiger partial charge < -0.3 is 13.9 Å². The first-order valence-corrected chi connectivity index (χ1v) is 9.09. The van der Waals surface area contributed by atoms with Gasteiger partial charge in [-0.1, -0.05) is 30.3 Å². The van der Waals surface area contributed by atoms with Crippen molar-refractivity contribution >= 4 is 28.6 Å². The van der Waals surface area contributed by atoms with Gasteiger partial charge in [-0.25, -0.2) is 4.79 Å². The minimum atomic E-state index is -0.790. The second-order valence-corrected chi connectivity index (χ2v) is 6.23. The maximum Gasteiger partial charge on any atom is 0.347 e. The molecule has 0 amide bonds. The standard InChI is InChI=1S/C23H20O6/c1-3-28-21-6-4-5-16-13-19(23(26)29-22(16)21)20(25)14-17(24)10-7-15-8-11-18(27-2)12-9-15/h4-13H,3,14H2,1-2H3/b10-7-. The summed E-state index contributed by atoms with van der Waals surface area (Å²) in [4.78, 5) is 36.9. The van der Waals surface area contributed by atoms with Crippen LogP contribution in [0, 0.1) is 0 Å². The first kappa shape index (κ1) is 20.1. The number of ketones is 2. The predicted molar refractivity (Wildman–Crippen MR) is 110 cm³/mol. The number of Topliss-reactive ketones (excluding diaryl/α,β-unsaturated/α-hetero) is 1. The van der Waals surface area contributed by atoms with E-state index in [1.165, 1.54) is 12.1 Å². The van der Waals surface area contributed by atoms with Gasteiger partial charge in [-0.15, -0.1) is 0 Å². The minimum absolute atomic E-state index is 0.155. The van der Waals surface area contributed by atoms with Gasteiger partial charge in [-0.3, -0.25) is 9.59 Å². The topological polar surface area (TPSA) is 82.8 Å². The number of carbonyl (C=O) groups is 2. The highest BCUT2D eigenvalue weighted by molar-refractivity contribution is 6.12. The lowest BCUT2D eigenvalue weighted by Gasteiger charge is -2.06. The van der Waals surface area contributed by atoms with Gasteiger partial charge in [-0.05, 0) is 42.8 Å². The van der Waals surface area contributed by atoms with Crippen LogP contribution in [0.1, 0.15) is 29.3 Å². The van der Waals surface area contributed by atoms with Crippen LogP contribution in [-0.4, -0.2) is 25.3 Å². The van der Waals surface area contributed by atoms with Gasteiger partial charge in [-0.2, -0.15) is 0 Å². The molecule has 0 N–H and O–H groups in total. The van der Waals surface area contributed by atoms with Crippen LogP contribution in [0.25, 0.3) is 17.0 Å². The zero-order valence-corrected chi connectivity index (χ0v) is 16.1. The van der Waals surface area contributed by atoms with E-state index in [0.29, 0.717) is 23.5 Å². The van der Waals surface area contributed by atoms with E-state index in [-0.39, 0.29) is 11.1 Å². The van der Waals surface area contributed by atoms with E-state index in [9.17, 15) is 14.4 Å². The Hall–Kier alpha value is -3.67. The molecule has 3 aromatic rings. The van der Waals surface area contributed by atoms with Gasteiger partial charge in [0.2, 0.25) is 0 Å². The van der Waals surface area contributed by atoms with Gasteiger partial charge in [0.1, 0.15) is 11.3 Å². The lowest BCUT2D eigenvalue weighted by molar-refractivity contribution is -0.113. The molecule has 1 heterocycles. The fourth-order valence-electron chi connectivity index (χ4n) is 2.80. The Morgan fingerprint density at radius 2 is 1.86 bits per heavy atom. The zero-order chi connectivity index (χ0) is 20.8. The summed E-state index contributed by atoms with van der Waals surface area (Å²) in [7, 11) is 1.57. The molecule has 0 unspecified atom stereocenters. The average Bonchev–Trinajstić information content (AvgIpc) is 2.73. The first-order valence-electron chi connectivity index (χ1n) is 9.09. The molecule has 29 heavy (non-hydrogen) atoms. The molecular formula is C23H20O6. The van der Waals surface area contributed by atoms with Crippen molar-refractivity contribution in [3.63, 3.8) is 0 Å². The second kappa shape index (κ2) is 9.01. The van der Waals surface area contributed by atoms with Crippen LogP contribution in [0.4, 0.5) is 0 Å². The molecule has 0 aliphatic heterocycles. The number of methoxy groups -OCH3 is 1. The van der Waals surface area contributed by atoms with Crippen molar-refractivity contribution in [3.05, 3.63) is 76.2 Å². The van der Waals surface area contributed by atoms with Crippen molar-refractivity contribution in [1.29, 1.82) is 0 Å². The number of allylic oxidation sites excluding steroid dienone is 1. The van der Waals surface area contributed by atoms with E-state index < -0.39 is 23.6 Å². The van der Waals surface area contributed by atoms with Crippen molar-refractivity contribution < 1.29 is 23.5 Å². The van der Waals surface area contributed by atoms with Crippen LogP contribution < -0.4 is 15.1 Å². The third-order valence-electron chi connectivity index (χ3n) is 4.24. The first-order chi connectivity index (χ1) is 14.0. The molecule has 0 aliphatic carbocycles. The summed E-state index contributed by atoms with van der Waals surface area (Å²) >= 11 is 0. The smallest absolute Gasteiger partial charge is 0.347 e. The van der Waals surface area contributed by atoms with E-state index in [4.69, 9.17) is 13.9 Å². The van der Waals surface area contributed by atoms with E-state index >= 15 is 0 Å². The number of carbonyl (C=O) groups excluding carboxylic acids is 2. The molecule has 0 aliphatic rings. The molecule has 0 spiro atoms. The normalized spacial score (nSPS) is 11.0. The Kier molecular flexibility index (Phi) is 6.24.